The Hall–Kier alpha value is -0.920. The first-order chi connectivity index (χ1) is 6.22. The first-order valence-corrected chi connectivity index (χ1v) is 5.43. The van der Waals surface area contributed by atoms with Crippen molar-refractivity contribution < 1.29 is 22.9 Å². The Morgan fingerprint density at radius 2 is 2.07 bits per heavy atom. The molecule has 0 radical (unpaired) electrons. The molecule has 0 aromatic carbocycles. The quantitative estimate of drug-likeness (QED) is 0.410. The summed E-state index contributed by atoms with van der Waals surface area (Å²) in [6, 6.07) is 0. The molecule has 0 spiro atoms. The highest BCUT2D eigenvalue weighted by Gasteiger charge is 2.12. The molecule has 1 unspecified atom stereocenters. The van der Waals surface area contributed by atoms with Gasteiger partial charge in [0.1, 0.15) is 5.75 Å². The Morgan fingerprint density at radius 1 is 1.57 bits per heavy atom. The standard InChI is InChI=1S/C7H13NO5S/c1-5(7(8)10)2-3-6(9)4-14(11,12)13/h2,6,9H,3-4H2,1H3,(H2,8,10)(H,11,12,13). The maximum atomic E-state index is 10.5. The fourth-order valence-corrected chi connectivity index (χ4v) is 1.35. The molecule has 7 heteroatoms. The summed E-state index contributed by atoms with van der Waals surface area (Å²) in [4.78, 5) is 10.5. The molecule has 1 amide bonds. The maximum absolute atomic E-state index is 10.5. The van der Waals surface area contributed by atoms with Gasteiger partial charge in [0.2, 0.25) is 5.91 Å². The van der Waals surface area contributed by atoms with Crippen molar-refractivity contribution in [3.05, 3.63) is 11.6 Å². The monoisotopic (exact) mass is 223 g/mol. The fourth-order valence-electron chi connectivity index (χ4n) is 0.725. The Kier molecular flexibility index (Phi) is 4.75. The largest absolute Gasteiger partial charge is 0.392 e. The summed E-state index contributed by atoms with van der Waals surface area (Å²) in [7, 11) is -4.19. The Labute approximate surface area is 82.2 Å². The summed E-state index contributed by atoms with van der Waals surface area (Å²) in [6.45, 7) is 1.45. The Bertz CT molecular complexity index is 332. The number of aliphatic hydroxyl groups is 1. The van der Waals surface area contributed by atoms with Crippen molar-refractivity contribution in [2.24, 2.45) is 5.73 Å². The van der Waals surface area contributed by atoms with Crippen LogP contribution >= 0.6 is 0 Å². The summed E-state index contributed by atoms with van der Waals surface area (Å²) in [5.74, 6) is -1.39. The number of rotatable bonds is 5. The third-order valence-corrected chi connectivity index (χ3v) is 2.29. The van der Waals surface area contributed by atoms with Gasteiger partial charge < -0.3 is 10.8 Å². The van der Waals surface area contributed by atoms with Crippen molar-refractivity contribution in [1.82, 2.24) is 0 Å². The van der Waals surface area contributed by atoms with Crippen molar-refractivity contribution in [3.63, 3.8) is 0 Å². The van der Waals surface area contributed by atoms with E-state index in [9.17, 15) is 13.2 Å². The minimum absolute atomic E-state index is 0.0471. The van der Waals surface area contributed by atoms with E-state index in [1.807, 2.05) is 0 Å². The molecule has 0 heterocycles. The molecule has 4 N–H and O–H groups in total. The van der Waals surface area contributed by atoms with Crippen LogP contribution in [0.3, 0.4) is 0 Å². The molecule has 0 aliphatic rings. The van der Waals surface area contributed by atoms with Crippen LogP contribution in [-0.4, -0.2) is 35.8 Å². The van der Waals surface area contributed by atoms with Gasteiger partial charge in [-0.15, -0.1) is 0 Å². The summed E-state index contributed by atoms with van der Waals surface area (Å²) in [5.41, 5.74) is 5.13. The lowest BCUT2D eigenvalue weighted by atomic mass is 10.2. The SMILES string of the molecule is CC(=CCC(O)CS(=O)(=O)O)C(N)=O. The van der Waals surface area contributed by atoms with E-state index >= 15 is 0 Å². The molecule has 0 rings (SSSR count). The van der Waals surface area contributed by atoms with Gasteiger partial charge in [0.15, 0.2) is 0 Å². The van der Waals surface area contributed by atoms with Gasteiger partial charge in [0.05, 0.1) is 6.10 Å². The average Bonchev–Trinajstić information content (AvgIpc) is 1.96. The van der Waals surface area contributed by atoms with Crippen LogP contribution in [0.5, 0.6) is 0 Å². The molecular formula is C7H13NO5S. The minimum Gasteiger partial charge on any atom is -0.392 e. The zero-order chi connectivity index (χ0) is 11.4. The maximum Gasteiger partial charge on any atom is 0.267 e. The highest BCUT2D eigenvalue weighted by Crippen LogP contribution is 2.01. The molecule has 0 saturated carbocycles. The lowest BCUT2D eigenvalue weighted by Crippen LogP contribution is -2.20. The predicted molar refractivity (Wildman–Crippen MR) is 50.0 cm³/mol. The number of aliphatic hydroxyl groups excluding tert-OH is 1. The van der Waals surface area contributed by atoms with E-state index in [4.69, 9.17) is 15.4 Å². The summed E-state index contributed by atoms with van der Waals surface area (Å²) >= 11 is 0. The molecule has 14 heavy (non-hydrogen) atoms. The molecule has 0 aromatic heterocycles. The van der Waals surface area contributed by atoms with E-state index in [1.165, 1.54) is 13.0 Å². The van der Waals surface area contributed by atoms with E-state index in [0.717, 1.165) is 0 Å². The second-order valence-electron chi connectivity index (χ2n) is 2.89. The number of carbonyl (C=O) groups is 1. The summed E-state index contributed by atoms with van der Waals surface area (Å²) in [5, 5.41) is 9.08. The third-order valence-electron chi connectivity index (χ3n) is 1.49. The Morgan fingerprint density at radius 3 is 2.43 bits per heavy atom. The van der Waals surface area contributed by atoms with Crippen molar-refractivity contribution in [2.45, 2.75) is 19.4 Å². The second-order valence-corrected chi connectivity index (χ2v) is 4.39. The molecule has 0 aromatic rings. The van der Waals surface area contributed by atoms with E-state index in [-0.39, 0.29) is 12.0 Å². The number of carbonyl (C=O) groups excluding carboxylic acids is 1. The number of hydrogen-bond donors (Lipinski definition) is 3. The van der Waals surface area contributed by atoms with Crippen LogP contribution in [0.25, 0.3) is 0 Å². The van der Waals surface area contributed by atoms with Gasteiger partial charge in [-0.25, -0.2) is 0 Å². The van der Waals surface area contributed by atoms with Gasteiger partial charge in [-0.1, -0.05) is 6.08 Å². The van der Waals surface area contributed by atoms with E-state index in [0.29, 0.717) is 0 Å². The van der Waals surface area contributed by atoms with Gasteiger partial charge in [0, 0.05) is 5.57 Å². The first-order valence-electron chi connectivity index (χ1n) is 3.82. The molecule has 0 fully saturated rings. The average molecular weight is 223 g/mol. The van der Waals surface area contributed by atoms with Gasteiger partial charge in [0.25, 0.3) is 10.1 Å². The van der Waals surface area contributed by atoms with Crippen LogP contribution < -0.4 is 5.73 Å². The lowest BCUT2D eigenvalue weighted by molar-refractivity contribution is -0.114. The van der Waals surface area contributed by atoms with Crippen LogP contribution in [0, 0.1) is 0 Å². The summed E-state index contributed by atoms with van der Waals surface area (Å²) in [6.07, 6.45) is 0.0338. The van der Waals surface area contributed by atoms with E-state index < -0.39 is 27.9 Å². The van der Waals surface area contributed by atoms with Gasteiger partial charge in [-0.2, -0.15) is 8.42 Å². The van der Waals surface area contributed by atoms with Crippen molar-refractivity contribution >= 4 is 16.0 Å². The number of hydrogen-bond acceptors (Lipinski definition) is 4. The van der Waals surface area contributed by atoms with E-state index in [1.54, 1.807) is 0 Å². The number of primary amides is 1. The van der Waals surface area contributed by atoms with Gasteiger partial charge >= 0.3 is 0 Å². The van der Waals surface area contributed by atoms with Crippen LogP contribution in [0.2, 0.25) is 0 Å². The molecule has 82 valence electrons. The van der Waals surface area contributed by atoms with Crippen molar-refractivity contribution in [2.75, 3.05) is 5.75 Å². The van der Waals surface area contributed by atoms with Crippen molar-refractivity contribution in [1.29, 1.82) is 0 Å². The smallest absolute Gasteiger partial charge is 0.267 e. The Balaban J connectivity index is 4.16. The number of amides is 1. The highest BCUT2D eigenvalue weighted by molar-refractivity contribution is 7.85. The van der Waals surface area contributed by atoms with Crippen LogP contribution in [0.15, 0.2) is 11.6 Å². The molecular weight excluding hydrogens is 210 g/mol. The predicted octanol–water partition coefficient (Wildman–Crippen LogP) is -0.943. The minimum atomic E-state index is -4.19. The van der Waals surface area contributed by atoms with Crippen molar-refractivity contribution in [3.8, 4) is 0 Å². The fraction of sp³-hybridized carbons (Fsp3) is 0.571. The molecule has 0 saturated heterocycles. The highest BCUT2D eigenvalue weighted by atomic mass is 32.2. The molecule has 0 bridgehead atoms. The summed E-state index contributed by atoms with van der Waals surface area (Å²) < 4.78 is 29.0. The van der Waals surface area contributed by atoms with E-state index in [2.05, 4.69) is 0 Å². The second kappa shape index (κ2) is 5.08. The van der Waals surface area contributed by atoms with Gasteiger partial charge in [-0.3, -0.25) is 9.35 Å². The van der Waals surface area contributed by atoms with Crippen LogP contribution in [0.1, 0.15) is 13.3 Å². The molecule has 1 atom stereocenters. The van der Waals surface area contributed by atoms with Crippen LogP contribution in [-0.2, 0) is 14.9 Å². The lowest BCUT2D eigenvalue weighted by Gasteiger charge is -2.05. The topological polar surface area (TPSA) is 118 Å². The van der Waals surface area contributed by atoms with Gasteiger partial charge in [-0.05, 0) is 13.3 Å². The third kappa shape index (κ3) is 6.58. The zero-order valence-corrected chi connectivity index (χ0v) is 8.49. The number of nitrogens with two attached hydrogens (primary N) is 1. The molecule has 6 nitrogen and oxygen atoms in total. The molecule has 0 aliphatic carbocycles. The molecule has 0 aliphatic heterocycles. The first kappa shape index (κ1) is 13.1. The van der Waals surface area contributed by atoms with Crippen LogP contribution in [0.4, 0.5) is 0 Å². The normalized spacial score (nSPS) is 15.2. The zero-order valence-electron chi connectivity index (χ0n) is 7.67.